The van der Waals surface area contributed by atoms with Gasteiger partial charge in [-0.3, -0.25) is 0 Å². The molecule has 0 heterocycles. The van der Waals surface area contributed by atoms with Crippen LogP contribution in [0, 0.1) is 0 Å². The van der Waals surface area contributed by atoms with Crippen LogP contribution in [-0.4, -0.2) is 28.3 Å². The SMILES string of the molecule is CCOc1c(Br)cc(/C=N\NS(=O)(=O)c2ccc(Cl)cc2)cc1OC. The van der Waals surface area contributed by atoms with Crippen LogP contribution < -0.4 is 14.3 Å². The maximum Gasteiger partial charge on any atom is 0.276 e. The zero-order valence-corrected chi connectivity index (χ0v) is 16.7. The second kappa shape index (κ2) is 8.55. The van der Waals surface area contributed by atoms with E-state index in [0.717, 1.165) is 0 Å². The lowest BCUT2D eigenvalue weighted by Gasteiger charge is -2.12. The largest absolute Gasteiger partial charge is 0.493 e. The van der Waals surface area contributed by atoms with Gasteiger partial charge in [-0.05, 0) is 64.8 Å². The molecule has 0 saturated heterocycles. The quantitative estimate of drug-likeness (QED) is 0.517. The third-order valence-electron chi connectivity index (χ3n) is 3.05. The van der Waals surface area contributed by atoms with Crippen LogP contribution in [0.3, 0.4) is 0 Å². The number of ether oxygens (including phenoxy) is 2. The average Bonchev–Trinajstić information content (AvgIpc) is 2.57. The Morgan fingerprint density at radius 3 is 2.56 bits per heavy atom. The Kier molecular flexibility index (Phi) is 6.69. The Hall–Kier alpha value is -1.77. The molecule has 0 aliphatic heterocycles. The standard InChI is InChI=1S/C16H16BrClN2O4S/c1-3-24-16-14(17)8-11(9-15(16)23-2)10-19-20-25(21,22)13-6-4-12(18)5-7-13/h4-10,20H,3H2,1-2H3/b19-10-. The van der Waals surface area contributed by atoms with Crippen LogP contribution in [0.2, 0.25) is 5.02 Å². The second-order valence-corrected chi connectivity index (χ2v) is 7.73. The van der Waals surface area contributed by atoms with Crippen LogP contribution in [0.1, 0.15) is 12.5 Å². The number of sulfonamides is 1. The molecule has 0 fully saturated rings. The molecule has 25 heavy (non-hydrogen) atoms. The van der Waals surface area contributed by atoms with Crippen molar-refractivity contribution in [3.05, 3.63) is 51.5 Å². The van der Waals surface area contributed by atoms with Crippen molar-refractivity contribution < 1.29 is 17.9 Å². The van der Waals surface area contributed by atoms with Crippen molar-refractivity contribution in [1.29, 1.82) is 0 Å². The molecule has 6 nitrogen and oxygen atoms in total. The Morgan fingerprint density at radius 1 is 1.28 bits per heavy atom. The van der Waals surface area contributed by atoms with E-state index >= 15 is 0 Å². The van der Waals surface area contributed by atoms with Crippen molar-refractivity contribution in [1.82, 2.24) is 4.83 Å². The lowest BCUT2D eigenvalue weighted by molar-refractivity contribution is 0.309. The van der Waals surface area contributed by atoms with Crippen molar-refractivity contribution in [2.75, 3.05) is 13.7 Å². The zero-order valence-electron chi connectivity index (χ0n) is 13.5. The summed E-state index contributed by atoms with van der Waals surface area (Å²) < 4.78 is 35.7. The Bertz CT molecular complexity index is 870. The van der Waals surface area contributed by atoms with Crippen LogP contribution in [0.15, 0.2) is 50.9 Å². The van der Waals surface area contributed by atoms with E-state index in [9.17, 15) is 8.42 Å². The summed E-state index contributed by atoms with van der Waals surface area (Å²) in [5.41, 5.74) is 0.631. The number of hydrogen-bond donors (Lipinski definition) is 1. The van der Waals surface area contributed by atoms with Gasteiger partial charge in [0.15, 0.2) is 11.5 Å². The molecular formula is C16H16BrClN2O4S. The number of methoxy groups -OCH3 is 1. The second-order valence-electron chi connectivity index (χ2n) is 4.77. The molecule has 0 unspecified atom stereocenters. The van der Waals surface area contributed by atoms with E-state index in [1.807, 2.05) is 6.92 Å². The van der Waals surface area contributed by atoms with Crippen LogP contribution >= 0.6 is 27.5 Å². The van der Waals surface area contributed by atoms with Crippen LogP contribution in [-0.2, 0) is 10.0 Å². The molecule has 0 bridgehead atoms. The first-order chi connectivity index (χ1) is 11.9. The van der Waals surface area contributed by atoms with Gasteiger partial charge in [0, 0.05) is 5.02 Å². The lowest BCUT2D eigenvalue weighted by Crippen LogP contribution is -2.18. The van der Waals surface area contributed by atoms with Gasteiger partial charge in [0.2, 0.25) is 0 Å². The number of benzene rings is 2. The molecule has 0 aromatic heterocycles. The molecule has 0 atom stereocenters. The number of hydrazone groups is 1. The van der Waals surface area contributed by atoms with Gasteiger partial charge in [0.05, 0.1) is 29.3 Å². The molecule has 0 spiro atoms. The predicted octanol–water partition coefficient (Wildman–Crippen LogP) is 3.82. The van der Waals surface area contributed by atoms with Gasteiger partial charge in [-0.1, -0.05) is 11.6 Å². The fraction of sp³-hybridized carbons (Fsp3) is 0.188. The maximum atomic E-state index is 12.1. The summed E-state index contributed by atoms with van der Waals surface area (Å²) in [4.78, 5) is 2.22. The number of nitrogens with one attached hydrogen (secondary N) is 1. The molecule has 2 aromatic rings. The summed E-state index contributed by atoms with van der Waals surface area (Å²) in [6.07, 6.45) is 1.37. The first kappa shape index (κ1) is 19.6. The van der Waals surface area contributed by atoms with Gasteiger partial charge in [-0.25, -0.2) is 4.83 Å². The topological polar surface area (TPSA) is 77.0 Å². The summed E-state index contributed by atoms with van der Waals surface area (Å²) in [7, 11) is -2.24. The highest BCUT2D eigenvalue weighted by Gasteiger charge is 2.13. The minimum Gasteiger partial charge on any atom is -0.493 e. The van der Waals surface area contributed by atoms with Crippen LogP contribution in [0.4, 0.5) is 0 Å². The van der Waals surface area contributed by atoms with Gasteiger partial charge in [0.25, 0.3) is 10.0 Å². The highest BCUT2D eigenvalue weighted by Crippen LogP contribution is 2.36. The summed E-state index contributed by atoms with van der Waals surface area (Å²) in [6.45, 7) is 2.36. The molecule has 0 saturated carbocycles. The smallest absolute Gasteiger partial charge is 0.276 e. The van der Waals surface area contributed by atoms with E-state index in [1.54, 1.807) is 12.1 Å². The fourth-order valence-electron chi connectivity index (χ4n) is 1.94. The maximum absolute atomic E-state index is 12.1. The van der Waals surface area contributed by atoms with E-state index < -0.39 is 10.0 Å². The zero-order chi connectivity index (χ0) is 18.4. The van der Waals surface area contributed by atoms with E-state index in [2.05, 4.69) is 25.9 Å². The first-order valence-electron chi connectivity index (χ1n) is 7.18. The summed E-state index contributed by atoms with van der Waals surface area (Å²) in [6, 6.07) is 9.22. The van der Waals surface area contributed by atoms with Crippen molar-refractivity contribution in [2.24, 2.45) is 5.10 Å². The molecule has 2 aromatic carbocycles. The first-order valence-corrected chi connectivity index (χ1v) is 9.83. The fourth-order valence-corrected chi connectivity index (χ4v) is 3.43. The summed E-state index contributed by atoms with van der Waals surface area (Å²) in [5.74, 6) is 1.09. The number of rotatable bonds is 7. The molecule has 2 rings (SSSR count). The van der Waals surface area contributed by atoms with E-state index in [4.69, 9.17) is 21.1 Å². The van der Waals surface area contributed by atoms with Gasteiger partial charge >= 0.3 is 0 Å². The lowest BCUT2D eigenvalue weighted by atomic mass is 10.2. The van der Waals surface area contributed by atoms with E-state index in [1.165, 1.54) is 37.6 Å². The molecule has 0 aliphatic carbocycles. The van der Waals surface area contributed by atoms with E-state index in [0.29, 0.717) is 33.2 Å². The van der Waals surface area contributed by atoms with Gasteiger partial charge < -0.3 is 9.47 Å². The summed E-state index contributed by atoms with van der Waals surface area (Å²) in [5, 5.41) is 4.24. The van der Waals surface area contributed by atoms with Crippen LogP contribution in [0.25, 0.3) is 0 Å². The molecule has 0 radical (unpaired) electrons. The number of halogens is 2. The summed E-state index contributed by atoms with van der Waals surface area (Å²) >= 11 is 9.15. The van der Waals surface area contributed by atoms with Crippen molar-refractivity contribution in [3.8, 4) is 11.5 Å². The minimum absolute atomic E-state index is 0.0690. The monoisotopic (exact) mass is 446 g/mol. The molecular weight excluding hydrogens is 432 g/mol. The normalized spacial score (nSPS) is 11.5. The number of hydrogen-bond acceptors (Lipinski definition) is 5. The van der Waals surface area contributed by atoms with Gasteiger partial charge in [-0.2, -0.15) is 13.5 Å². The Labute approximate surface area is 160 Å². The molecule has 134 valence electrons. The molecule has 0 aliphatic rings. The highest BCUT2D eigenvalue weighted by atomic mass is 79.9. The van der Waals surface area contributed by atoms with E-state index in [-0.39, 0.29) is 4.90 Å². The van der Waals surface area contributed by atoms with Crippen molar-refractivity contribution in [2.45, 2.75) is 11.8 Å². The average molecular weight is 448 g/mol. The van der Waals surface area contributed by atoms with Crippen molar-refractivity contribution in [3.63, 3.8) is 0 Å². The number of nitrogens with zero attached hydrogens (tertiary/aromatic N) is 1. The van der Waals surface area contributed by atoms with Gasteiger partial charge in [-0.15, -0.1) is 0 Å². The predicted molar refractivity (Wildman–Crippen MR) is 101 cm³/mol. The highest BCUT2D eigenvalue weighted by molar-refractivity contribution is 9.10. The van der Waals surface area contributed by atoms with Crippen molar-refractivity contribution >= 4 is 43.8 Å². The molecule has 0 amide bonds. The Balaban J connectivity index is 2.19. The third-order valence-corrected chi connectivity index (χ3v) is 5.13. The molecule has 9 heteroatoms. The molecule has 1 N–H and O–H groups in total. The third kappa shape index (κ3) is 5.10. The van der Waals surface area contributed by atoms with Gasteiger partial charge in [0.1, 0.15) is 0 Å². The Morgan fingerprint density at radius 2 is 1.96 bits per heavy atom. The van der Waals surface area contributed by atoms with Crippen LogP contribution in [0.5, 0.6) is 11.5 Å². The minimum atomic E-state index is -3.76.